The van der Waals surface area contributed by atoms with Crippen LogP contribution in [-0.2, 0) is 0 Å². The lowest BCUT2D eigenvalue weighted by molar-refractivity contribution is 0.317. The molecule has 0 bridgehead atoms. The minimum atomic E-state index is 0.447. The van der Waals surface area contributed by atoms with Crippen LogP contribution in [0.2, 0.25) is 0 Å². The molecule has 0 saturated heterocycles. The van der Waals surface area contributed by atoms with Crippen LogP contribution in [0.15, 0.2) is 35.5 Å². The Morgan fingerprint density at radius 3 is 2.59 bits per heavy atom. The standard InChI is InChI=1S/C13H17NO3/c1-9(2)8-17-12-6-5-11(10(3)14-15)7-13(12)16-4/h5-7,15H,1,8H2,2-4H3/b14-10+. The first-order valence-electron chi connectivity index (χ1n) is 5.22. The normalized spacial score (nSPS) is 11.1. The molecular weight excluding hydrogens is 218 g/mol. The Bertz CT molecular complexity index is 438. The fraction of sp³-hybridized carbons (Fsp3) is 0.308. The van der Waals surface area contributed by atoms with Crippen molar-refractivity contribution in [2.45, 2.75) is 13.8 Å². The van der Waals surface area contributed by atoms with Crippen molar-refractivity contribution < 1.29 is 14.7 Å². The summed E-state index contributed by atoms with van der Waals surface area (Å²) in [5.41, 5.74) is 2.24. The minimum Gasteiger partial charge on any atom is -0.493 e. The average molecular weight is 235 g/mol. The Hall–Kier alpha value is -1.97. The average Bonchev–Trinajstić information content (AvgIpc) is 2.34. The lowest BCUT2D eigenvalue weighted by Crippen LogP contribution is -2.01. The van der Waals surface area contributed by atoms with Crippen molar-refractivity contribution in [1.29, 1.82) is 0 Å². The summed E-state index contributed by atoms with van der Waals surface area (Å²) in [6, 6.07) is 5.36. The highest BCUT2D eigenvalue weighted by molar-refractivity contribution is 5.98. The van der Waals surface area contributed by atoms with E-state index in [9.17, 15) is 0 Å². The summed E-state index contributed by atoms with van der Waals surface area (Å²) in [7, 11) is 1.57. The van der Waals surface area contributed by atoms with Crippen LogP contribution in [0.4, 0.5) is 0 Å². The summed E-state index contributed by atoms with van der Waals surface area (Å²) in [5, 5.41) is 11.8. The van der Waals surface area contributed by atoms with Gasteiger partial charge < -0.3 is 14.7 Å². The predicted octanol–water partition coefficient (Wildman–Crippen LogP) is 2.85. The van der Waals surface area contributed by atoms with Crippen molar-refractivity contribution in [2.24, 2.45) is 5.16 Å². The molecular formula is C13H17NO3. The van der Waals surface area contributed by atoms with Crippen LogP contribution in [-0.4, -0.2) is 24.6 Å². The Morgan fingerprint density at radius 1 is 1.35 bits per heavy atom. The highest BCUT2D eigenvalue weighted by atomic mass is 16.5. The minimum absolute atomic E-state index is 0.447. The van der Waals surface area contributed by atoms with Gasteiger partial charge in [0.25, 0.3) is 0 Å². The van der Waals surface area contributed by atoms with E-state index in [0.29, 0.717) is 23.8 Å². The van der Waals surface area contributed by atoms with E-state index >= 15 is 0 Å². The summed E-state index contributed by atoms with van der Waals surface area (Å²) >= 11 is 0. The van der Waals surface area contributed by atoms with Gasteiger partial charge in [0.05, 0.1) is 12.8 Å². The maximum Gasteiger partial charge on any atom is 0.161 e. The second-order valence-corrected chi connectivity index (χ2v) is 3.80. The first-order valence-corrected chi connectivity index (χ1v) is 5.22. The summed E-state index contributed by atoms with van der Waals surface area (Å²) in [6.45, 7) is 7.82. The number of oxime groups is 1. The molecule has 0 amide bonds. The van der Waals surface area contributed by atoms with E-state index in [1.807, 2.05) is 13.0 Å². The van der Waals surface area contributed by atoms with E-state index in [4.69, 9.17) is 14.7 Å². The zero-order valence-electron chi connectivity index (χ0n) is 10.4. The SMILES string of the molecule is C=C(C)COc1ccc(/C(C)=N/O)cc1OC. The molecule has 0 saturated carbocycles. The Morgan fingerprint density at radius 2 is 2.06 bits per heavy atom. The first-order chi connectivity index (χ1) is 8.08. The number of nitrogens with zero attached hydrogens (tertiary/aromatic N) is 1. The molecule has 92 valence electrons. The molecule has 0 radical (unpaired) electrons. The zero-order chi connectivity index (χ0) is 12.8. The van der Waals surface area contributed by atoms with Crippen LogP contribution < -0.4 is 9.47 Å². The van der Waals surface area contributed by atoms with Crippen molar-refractivity contribution in [2.75, 3.05) is 13.7 Å². The van der Waals surface area contributed by atoms with Crippen LogP contribution in [0.5, 0.6) is 11.5 Å². The van der Waals surface area contributed by atoms with E-state index < -0.39 is 0 Å². The maximum absolute atomic E-state index is 8.70. The van der Waals surface area contributed by atoms with Crippen LogP contribution >= 0.6 is 0 Å². The molecule has 17 heavy (non-hydrogen) atoms. The number of methoxy groups -OCH3 is 1. The van der Waals surface area contributed by atoms with Gasteiger partial charge in [0.15, 0.2) is 11.5 Å². The highest BCUT2D eigenvalue weighted by Crippen LogP contribution is 2.28. The molecule has 0 unspecified atom stereocenters. The fourth-order valence-electron chi connectivity index (χ4n) is 1.27. The zero-order valence-corrected chi connectivity index (χ0v) is 10.4. The van der Waals surface area contributed by atoms with Crippen molar-refractivity contribution in [1.82, 2.24) is 0 Å². The lowest BCUT2D eigenvalue weighted by Gasteiger charge is -2.11. The van der Waals surface area contributed by atoms with Gasteiger partial charge in [0.2, 0.25) is 0 Å². The third-order valence-corrected chi connectivity index (χ3v) is 2.21. The fourth-order valence-corrected chi connectivity index (χ4v) is 1.27. The number of rotatable bonds is 5. The van der Waals surface area contributed by atoms with Gasteiger partial charge in [0.1, 0.15) is 6.61 Å². The van der Waals surface area contributed by atoms with Gasteiger partial charge in [-0.2, -0.15) is 0 Å². The Labute approximate surface area is 101 Å². The molecule has 0 aromatic heterocycles. The Kier molecular flexibility index (Phi) is 4.57. The molecule has 0 fully saturated rings. The van der Waals surface area contributed by atoms with Crippen LogP contribution in [0, 0.1) is 0 Å². The molecule has 0 aliphatic rings. The van der Waals surface area contributed by atoms with E-state index in [1.165, 1.54) is 0 Å². The van der Waals surface area contributed by atoms with Crippen LogP contribution in [0.3, 0.4) is 0 Å². The van der Waals surface area contributed by atoms with Crippen molar-refractivity contribution in [3.63, 3.8) is 0 Å². The molecule has 4 heteroatoms. The van der Waals surface area contributed by atoms with Gasteiger partial charge in [-0.1, -0.05) is 11.7 Å². The second-order valence-electron chi connectivity index (χ2n) is 3.80. The summed E-state index contributed by atoms with van der Waals surface area (Å²) in [6.07, 6.45) is 0. The molecule has 4 nitrogen and oxygen atoms in total. The highest BCUT2D eigenvalue weighted by Gasteiger charge is 2.07. The Balaban J connectivity index is 2.97. The maximum atomic E-state index is 8.70. The van der Waals surface area contributed by atoms with Crippen molar-refractivity contribution in [3.05, 3.63) is 35.9 Å². The molecule has 1 rings (SSSR count). The van der Waals surface area contributed by atoms with Gasteiger partial charge >= 0.3 is 0 Å². The second kappa shape index (κ2) is 5.94. The van der Waals surface area contributed by atoms with E-state index in [-0.39, 0.29) is 0 Å². The molecule has 0 aliphatic heterocycles. The van der Waals surface area contributed by atoms with E-state index in [0.717, 1.165) is 11.1 Å². The molecule has 0 heterocycles. The van der Waals surface area contributed by atoms with Gasteiger partial charge in [-0.05, 0) is 37.6 Å². The molecule has 0 spiro atoms. The number of ether oxygens (including phenoxy) is 2. The third-order valence-electron chi connectivity index (χ3n) is 2.21. The lowest BCUT2D eigenvalue weighted by atomic mass is 10.1. The smallest absolute Gasteiger partial charge is 0.161 e. The quantitative estimate of drug-likeness (QED) is 0.369. The number of hydrogen-bond donors (Lipinski definition) is 1. The summed E-state index contributed by atoms with van der Waals surface area (Å²) in [4.78, 5) is 0. The van der Waals surface area contributed by atoms with Crippen molar-refractivity contribution in [3.8, 4) is 11.5 Å². The van der Waals surface area contributed by atoms with Gasteiger partial charge in [-0.3, -0.25) is 0 Å². The van der Waals surface area contributed by atoms with Gasteiger partial charge in [-0.25, -0.2) is 0 Å². The number of hydrogen-bond acceptors (Lipinski definition) is 4. The van der Waals surface area contributed by atoms with E-state index in [1.54, 1.807) is 26.2 Å². The van der Waals surface area contributed by atoms with Gasteiger partial charge in [0, 0.05) is 5.56 Å². The van der Waals surface area contributed by atoms with Crippen LogP contribution in [0.1, 0.15) is 19.4 Å². The molecule has 1 N–H and O–H groups in total. The monoisotopic (exact) mass is 235 g/mol. The summed E-state index contributed by atoms with van der Waals surface area (Å²) in [5.74, 6) is 1.25. The van der Waals surface area contributed by atoms with E-state index in [2.05, 4.69) is 11.7 Å². The largest absolute Gasteiger partial charge is 0.493 e. The number of benzene rings is 1. The first kappa shape index (κ1) is 13.1. The van der Waals surface area contributed by atoms with Crippen LogP contribution in [0.25, 0.3) is 0 Å². The predicted molar refractivity (Wildman–Crippen MR) is 67.3 cm³/mol. The molecule has 1 aromatic rings. The van der Waals surface area contributed by atoms with Crippen molar-refractivity contribution >= 4 is 5.71 Å². The molecule has 1 aromatic carbocycles. The molecule has 0 atom stereocenters. The summed E-state index contributed by atoms with van der Waals surface area (Å²) < 4.78 is 10.8. The topological polar surface area (TPSA) is 51.0 Å². The molecule has 0 aliphatic carbocycles. The van der Waals surface area contributed by atoms with Gasteiger partial charge in [-0.15, -0.1) is 0 Å². The third kappa shape index (κ3) is 3.52.